The first-order chi connectivity index (χ1) is 9.60. The average molecular weight is 313 g/mol. The van der Waals surface area contributed by atoms with Gasteiger partial charge in [-0.3, -0.25) is 0 Å². The topological polar surface area (TPSA) is 55.4 Å². The number of aryl methyl sites for hydroxylation is 1. The van der Waals surface area contributed by atoms with Crippen molar-refractivity contribution in [2.45, 2.75) is 58.4 Å². The van der Waals surface area contributed by atoms with Gasteiger partial charge in [0.15, 0.2) is 0 Å². The lowest BCUT2D eigenvalue weighted by Crippen LogP contribution is -2.36. The van der Waals surface area contributed by atoms with Gasteiger partial charge in [-0.05, 0) is 48.9 Å². The number of hydrogen-bond acceptors (Lipinski definition) is 3. The molecule has 0 aliphatic rings. The molecule has 0 aromatic heterocycles. The van der Waals surface area contributed by atoms with Crippen LogP contribution >= 0.6 is 0 Å². The molecule has 0 aliphatic heterocycles. The Morgan fingerprint density at radius 2 is 1.67 bits per heavy atom. The average Bonchev–Trinajstić information content (AvgIpc) is 2.36. The van der Waals surface area contributed by atoms with Crippen LogP contribution < -0.4 is 9.46 Å². The van der Waals surface area contributed by atoms with Gasteiger partial charge in [-0.2, -0.15) is 0 Å². The molecule has 0 bridgehead atoms. The molecule has 0 saturated carbocycles. The summed E-state index contributed by atoms with van der Waals surface area (Å²) in [5, 5.41) is 0. The zero-order valence-corrected chi connectivity index (χ0v) is 14.8. The van der Waals surface area contributed by atoms with Crippen LogP contribution in [0.1, 0.15) is 51.7 Å². The first-order valence-corrected chi connectivity index (χ1v) is 8.79. The van der Waals surface area contributed by atoms with E-state index in [1.54, 1.807) is 26.2 Å². The summed E-state index contributed by atoms with van der Waals surface area (Å²) in [5.41, 5.74) is 1.60. The lowest BCUT2D eigenvalue weighted by molar-refractivity contribution is 0.406. The number of rotatable bonds is 6. The van der Waals surface area contributed by atoms with Crippen molar-refractivity contribution in [2.24, 2.45) is 5.92 Å². The van der Waals surface area contributed by atoms with E-state index in [4.69, 9.17) is 4.74 Å². The van der Waals surface area contributed by atoms with E-state index < -0.39 is 10.0 Å². The molecule has 0 amide bonds. The lowest BCUT2D eigenvalue weighted by atomic mass is 10.0. The van der Waals surface area contributed by atoms with Crippen molar-refractivity contribution in [3.05, 3.63) is 23.3 Å². The maximum absolute atomic E-state index is 12.6. The largest absolute Gasteiger partial charge is 0.496 e. The van der Waals surface area contributed by atoms with Gasteiger partial charge in [-0.25, -0.2) is 13.1 Å². The van der Waals surface area contributed by atoms with Crippen molar-refractivity contribution in [3.8, 4) is 5.75 Å². The van der Waals surface area contributed by atoms with Crippen LogP contribution in [0.15, 0.2) is 17.0 Å². The Balaban J connectivity index is 3.33. The summed E-state index contributed by atoms with van der Waals surface area (Å²) >= 11 is 0. The zero-order chi connectivity index (χ0) is 16.4. The van der Waals surface area contributed by atoms with Crippen LogP contribution in [0.3, 0.4) is 0 Å². The Labute approximate surface area is 129 Å². The summed E-state index contributed by atoms with van der Waals surface area (Å²) in [5.74, 6) is 1.17. The molecule has 1 aromatic carbocycles. The van der Waals surface area contributed by atoms with E-state index in [1.165, 1.54) is 0 Å². The Hall–Kier alpha value is -1.07. The maximum Gasteiger partial charge on any atom is 0.241 e. The molecule has 0 fully saturated rings. The second kappa shape index (κ2) is 6.79. The quantitative estimate of drug-likeness (QED) is 0.875. The van der Waals surface area contributed by atoms with Gasteiger partial charge in [-0.15, -0.1) is 0 Å². The monoisotopic (exact) mass is 313 g/mol. The third kappa shape index (κ3) is 4.20. The smallest absolute Gasteiger partial charge is 0.241 e. The van der Waals surface area contributed by atoms with E-state index >= 15 is 0 Å². The molecule has 5 heteroatoms. The van der Waals surface area contributed by atoms with Crippen LogP contribution in [-0.4, -0.2) is 21.6 Å². The second-order valence-corrected chi connectivity index (χ2v) is 7.85. The summed E-state index contributed by atoms with van der Waals surface area (Å²) in [6.07, 6.45) is 0. The second-order valence-electron chi connectivity index (χ2n) is 6.17. The summed E-state index contributed by atoms with van der Waals surface area (Å²) in [6.45, 7) is 11.7. The Bertz CT molecular complexity index is 592. The number of methoxy groups -OCH3 is 1. The third-order valence-electron chi connectivity index (χ3n) is 3.78. The van der Waals surface area contributed by atoms with E-state index in [0.29, 0.717) is 10.5 Å². The van der Waals surface area contributed by atoms with Gasteiger partial charge in [-0.1, -0.05) is 27.7 Å². The molecule has 1 atom stereocenters. The summed E-state index contributed by atoms with van der Waals surface area (Å²) in [7, 11) is -1.92. The van der Waals surface area contributed by atoms with Gasteiger partial charge < -0.3 is 4.74 Å². The van der Waals surface area contributed by atoms with Gasteiger partial charge in [0.2, 0.25) is 10.0 Å². The lowest BCUT2D eigenvalue weighted by Gasteiger charge is -2.20. The highest BCUT2D eigenvalue weighted by molar-refractivity contribution is 7.89. The summed E-state index contributed by atoms with van der Waals surface area (Å²) in [6, 6.07) is 3.41. The fraction of sp³-hybridized carbons (Fsp3) is 0.625. The number of hydrogen-bond donors (Lipinski definition) is 1. The first kappa shape index (κ1) is 18.0. The van der Waals surface area contributed by atoms with E-state index in [-0.39, 0.29) is 17.9 Å². The highest BCUT2D eigenvalue weighted by Gasteiger charge is 2.23. The maximum atomic E-state index is 12.6. The van der Waals surface area contributed by atoms with Gasteiger partial charge in [0.25, 0.3) is 0 Å². The van der Waals surface area contributed by atoms with Crippen LogP contribution in [0.4, 0.5) is 0 Å². The van der Waals surface area contributed by atoms with Crippen molar-refractivity contribution < 1.29 is 13.2 Å². The molecule has 21 heavy (non-hydrogen) atoms. The Morgan fingerprint density at radius 3 is 2.10 bits per heavy atom. The van der Waals surface area contributed by atoms with E-state index in [1.807, 2.05) is 34.6 Å². The van der Waals surface area contributed by atoms with Crippen molar-refractivity contribution in [1.29, 1.82) is 0 Å². The summed E-state index contributed by atoms with van der Waals surface area (Å²) in [4.78, 5) is 0.333. The Morgan fingerprint density at radius 1 is 1.10 bits per heavy atom. The van der Waals surface area contributed by atoms with Crippen molar-refractivity contribution in [1.82, 2.24) is 4.72 Å². The van der Waals surface area contributed by atoms with Gasteiger partial charge in [0.05, 0.1) is 12.0 Å². The number of nitrogens with one attached hydrogen (secondary N) is 1. The highest BCUT2D eigenvalue weighted by atomic mass is 32.2. The minimum absolute atomic E-state index is 0.112. The molecule has 120 valence electrons. The fourth-order valence-corrected chi connectivity index (χ4v) is 3.69. The van der Waals surface area contributed by atoms with E-state index in [2.05, 4.69) is 4.72 Å². The molecule has 0 spiro atoms. The molecule has 0 heterocycles. The van der Waals surface area contributed by atoms with E-state index in [9.17, 15) is 8.42 Å². The SMILES string of the molecule is COc1cc(C)c(S(=O)(=O)NC(C)C(C)C)cc1C(C)C. The standard InChI is InChI=1S/C16H27NO3S/c1-10(2)13(6)17-21(18,19)16-9-14(11(3)4)15(20-7)8-12(16)5/h8-11,13,17H,1-7H3. The van der Waals surface area contributed by atoms with Crippen LogP contribution in [0, 0.1) is 12.8 Å². The molecule has 1 rings (SSSR count). The van der Waals surface area contributed by atoms with Crippen LogP contribution in [-0.2, 0) is 10.0 Å². The molecule has 1 aromatic rings. The van der Waals surface area contributed by atoms with Crippen LogP contribution in [0.25, 0.3) is 0 Å². The van der Waals surface area contributed by atoms with Crippen molar-refractivity contribution >= 4 is 10.0 Å². The first-order valence-electron chi connectivity index (χ1n) is 7.31. The predicted molar refractivity (Wildman–Crippen MR) is 86.4 cm³/mol. The fourth-order valence-electron chi connectivity index (χ4n) is 2.04. The Kier molecular flexibility index (Phi) is 5.82. The zero-order valence-electron chi connectivity index (χ0n) is 14.0. The molecular weight excluding hydrogens is 286 g/mol. The van der Waals surface area contributed by atoms with Gasteiger partial charge in [0.1, 0.15) is 5.75 Å². The molecule has 0 radical (unpaired) electrons. The molecule has 1 N–H and O–H groups in total. The third-order valence-corrected chi connectivity index (χ3v) is 5.48. The van der Waals surface area contributed by atoms with Crippen LogP contribution in [0.2, 0.25) is 0 Å². The normalized spacial score (nSPS) is 13.8. The van der Waals surface area contributed by atoms with Crippen molar-refractivity contribution in [2.75, 3.05) is 7.11 Å². The summed E-state index contributed by atoms with van der Waals surface area (Å²) < 4.78 is 33.3. The number of benzene rings is 1. The molecule has 1 unspecified atom stereocenters. The van der Waals surface area contributed by atoms with Gasteiger partial charge in [0, 0.05) is 6.04 Å². The predicted octanol–water partition coefficient (Wildman–Crippen LogP) is 3.45. The van der Waals surface area contributed by atoms with Crippen molar-refractivity contribution in [3.63, 3.8) is 0 Å². The molecule has 0 saturated heterocycles. The highest BCUT2D eigenvalue weighted by Crippen LogP contribution is 2.31. The van der Waals surface area contributed by atoms with Crippen LogP contribution in [0.5, 0.6) is 5.75 Å². The minimum atomic E-state index is -3.52. The molecule has 0 aliphatic carbocycles. The molecular formula is C16H27NO3S. The van der Waals surface area contributed by atoms with Gasteiger partial charge >= 0.3 is 0 Å². The number of ether oxygens (including phenoxy) is 1. The van der Waals surface area contributed by atoms with E-state index in [0.717, 1.165) is 11.3 Å². The minimum Gasteiger partial charge on any atom is -0.496 e. The number of sulfonamides is 1. The molecule has 4 nitrogen and oxygen atoms in total.